The maximum atomic E-state index is 8.52. The molecule has 0 saturated heterocycles. The van der Waals surface area contributed by atoms with Gasteiger partial charge in [0.1, 0.15) is 0 Å². The van der Waals surface area contributed by atoms with E-state index in [0.717, 1.165) is 16.5 Å². The molecule has 1 aromatic carbocycles. The molecule has 0 aliphatic rings. The fourth-order valence-corrected chi connectivity index (χ4v) is 1.18. The lowest BCUT2D eigenvalue weighted by Gasteiger charge is -1.96. The average molecular weight is 154 g/mol. The molecule has 0 spiro atoms. The fraction of sp³-hybridized carbons (Fsp3) is 0. The Hall–Kier alpha value is -0.445. The first-order chi connectivity index (χ1) is 4.79. The Bertz CT molecular complexity index is 190. The Morgan fingerprint density at radius 1 is 1.10 bits per heavy atom. The predicted octanol–water partition coefficient (Wildman–Crippen LogP) is 0.748. The Balaban J connectivity index is 2.59. The van der Waals surface area contributed by atoms with E-state index in [9.17, 15) is 0 Å². The van der Waals surface area contributed by atoms with E-state index in [4.69, 9.17) is 10.0 Å². The van der Waals surface area contributed by atoms with E-state index in [0.29, 0.717) is 0 Å². The molecular formula is C6H7BO2S. The van der Waals surface area contributed by atoms with Crippen molar-refractivity contribution in [3.05, 3.63) is 30.3 Å². The van der Waals surface area contributed by atoms with E-state index in [-0.39, 0.29) is 0 Å². The normalized spacial score (nSPS) is 9.40. The Kier molecular flexibility index (Phi) is 2.80. The number of hydrogen-bond acceptors (Lipinski definition) is 3. The second-order valence-electron chi connectivity index (χ2n) is 1.76. The van der Waals surface area contributed by atoms with Crippen LogP contribution in [-0.4, -0.2) is 16.4 Å². The Morgan fingerprint density at radius 2 is 1.70 bits per heavy atom. The summed E-state index contributed by atoms with van der Waals surface area (Å²) in [5.41, 5.74) is 0. The molecule has 0 radical (unpaired) electrons. The van der Waals surface area contributed by atoms with Gasteiger partial charge in [-0.05, 0) is 12.1 Å². The molecule has 1 rings (SSSR count). The van der Waals surface area contributed by atoms with Crippen molar-refractivity contribution in [1.29, 1.82) is 0 Å². The largest absolute Gasteiger partial charge is 0.530 e. The van der Waals surface area contributed by atoms with Gasteiger partial charge in [-0.25, -0.2) is 0 Å². The molecule has 2 N–H and O–H groups in total. The van der Waals surface area contributed by atoms with Crippen molar-refractivity contribution in [2.24, 2.45) is 0 Å². The average Bonchev–Trinajstić information content (AvgIpc) is 1.88. The highest BCUT2D eigenvalue weighted by molar-refractivity contribution is 8.23. The van der Waals surface area contributed by atoms with Crippen molar-refractivity contribution in [1.82, 2.24) is 0 Å². The van der Waals surface area contributed by atoms with E-state index >= 15 is 0 Å². The van der Waals surface area contributed by atoms with Crippen molar-refractivity contribution in [2.45, 2.75) is 4.90 Å². The third-order valence-electron chi connectivity index (χ3n) is 0.985. The molecule has 4 heteroatoms. The molecule has 0 atom stereocenters. The second-order valence-corrected chi connectivity index (χ2v) is 2.89. The maximum Gasteiger partial charge on any atom is 0.530 e. The van der Waals surface area contributed by atoms with Gasteiger partial charge in [0.05, 0.1) is 0 Å². The van der Waals surface area contributed by atoms with E-state index in [1.165, 1.54) is 0 Å². The number of hydrogen-bond donors (Lipinski definition) is 2. The highest BCUT2D eigenvalue weighted by atomic mass is 32.2. The van der Waals surface area contributed by atoms with Crippen LogP contribution in [0.15, 0.2) is 35.2 Å². The number of rotatable bonds is 2. The van der Waals surface area contributed by atoms with Gasteiger partial charge in [-0.15, -0.1) is 11.6 Å². The molecule has 0 amide bonds. The molecule has 10 heavy (non-hydrogen) atoms. The van der Waals surface area contributed by atoms with Gasteiger partial charge in [0.25, 0.3) is 0 Å². The van der Waals surface area contributed by atoms with Crippen molar-refractivity contribution in [2.75, 3.05) is 0 Å². The third kappa shape index (κ3) is 2.43. The van der Waals surface area contributed by atoms with E-state index < -0.39 is 6.40 Å². The SMILES string of the molecule is OB(O)Sc1ccccc1. The van der Waals surface area contributed by atoms with Crippen molar-refractivity contribution in [3.8, 4) is 0 Å². The molecule has 2 nitrogen and oxygen atoms in total. The molecule has 0 unspecified atom stereocenters. The molecule has 1 aromatic rings. The molecule has 0 aliphatic carbocycles. The zero-order valence-electron chi connectivity index (χ0n) is 5.27. The van der Waals surface area contributed by atoms with E-state index in [2.05, 4.69) is 0 Å². The quantitative estimate of drug-likeness (QED) is 0.617. The summed E-state index contributed by atoms with van der Waals surface area (Å²) in [5.74, 6) is 0. The molecule has 0 fully saturated rings. The summed E-state index contributed by atoms with van der Waals surface area (Å²) < 4.78 is 0. The van der Waals surface area contributed by atoms with Gasteiger partial charge < -0.3 is 10.0 Å². The van der Waals surface area contributed by atoms with Crippen LogP contribution in [0.3, 0.4) is 0 Å². The van der Waals surface area contributed by atoms with Gasteiger partial charge in [-0.3, -0.25) is 0 Å². The van der Waals surface area contributed by atoms with Crippen LogP contribution < -0.4 is 0 Å². The highest BCUT2D eigenvalue weighted by Crippen LogP contribution is 2.16. The summed E-state index contributed by atoms with van der Waals surface area (Å²) in [6, 6.07) is 9.23. The standard InChI is InChI=1S/C6H7BO2S/c8-7(9)10-6-4-2-1-3-5-6/h1-5,8-9H. The first-order valence-corrected chi connectivity index (χ1v) is 3.75. The summed E-state index contributed by atoms with van der Waals surface area (Å²) in [4.78, 5) is 0.859. The van der Waals surface area contributed by atoms with E-state index in [1.54, 1.807) is 0 Å². The molecule has 0 heterocycles. The highest BCUT2D eigenvalue weighted by Gasteiger charge is 2.07. The summed E-state index contributed by atoms with van der Waals surface area (Å²) in [6.45, 7) is 0. The molecule has 0 bridgehead atoms. The number of benzene rings is 1. The van der Waals surface area contributed by atoms with Gasteiger partial charge >= 0.3 is 6.40 Å². The summed E-state index contributed by atoms with van der Waals surface area (Å²) in [5, 5.41) is 17.0. The van der Waals surface area contributed by atoms with Crippen LogP contribution in [0, 0.1) is 0 Å². The topological polar surface area (TPSA) is 40.5 Å². The first-order valence-electron chi connectivity index (χ1n) is 2.87. The van der Waals surface area contributed by atoms with Gasteiger partial charge in [-0.1, -0.05) is 18.2 Å². The van der Waals surface area contributed by atoms with Crippen LogP contribution in [0.2, 0.25) is 0 Å². The monoisotopic (exact) mass is 154 g/mol. The Morgan fingerprint density at radius 3 is 2.20 bits per heavy atom. The molecular weight excluding hydrogens is 147 g/mol. The van der Waals surface area contributed by atoms with Gasteiger partial charge in [-0.2, -0.15) is 0 Å². The fourth-order valence-electron chi connectivity index (χ4n) is 0.621. The molecule has 0 aliphatic heterocycles. The zero-order chi connectivity index (χ0) is 7.40. The zero-order valence-corrected chi connectivity index (χ0v) is 6.08. The summed E-state index contributed by atoms with van der Waals surface area (Å²) in [6.07, 6.45) is -1.32. The van der Waals surface area contributed by atoms with Gasteiger partial charge in [0.15, 0.2) is 0 Å². The van der Waals surface area contributed by atoms with Crippen molar-refractivity contribution >= 4 is 18.0 Å². The maximum absolute atomic E-state index is 8.52. The van der Waals surface area contributed by atoms with Gasteiger partial charge in [0, 0.05) is 4.90 Å². The summed E-state index contributed by atoms with van der Waals surface area (Å²) in [7, 11) is 0. The van der Waals surface area contributed by atoms with E-state index in [1.807, 2.05) is 30.3 Å². The minimum atomic E-state index is -1.32. The van der Waals surface area contributed by atoms with Crippen molar-refractivity contribution < 1.29 is 10.0 Å². The van der Waals surface area contributed by atoms with Crippen LogP contribution in [0.5, 0.6) is 0 Å². The minimum absolute atomic E-state index is 0.859. The summed E-state index contributed by atoms with van der Waals surface area (Å²) >= 11 is 1.01. The smallest absolute Gasteiger partial charge is 0.418 e. The Labute approximate surface area is 63.9 Å². The molecule has 0 aromatic heterocycles. The third-order valence-corrected chi connectivity index (χ3v) is 1.74. The minimum Gasteiger partial charge on any atom is -0.418 e. The van der Waals surface area contributed by atoms with Crippen molar-refractivity contribution in [3.63, 3.8) is 0 Å². The predicted molar refractivity (Wildman–Crippen MR) is 42.5 cm³/mol. The first kappa shape index (κ1) is 7.66. The lowest BCUT2D eigenvalue weighted by Crippen LogP contribution is -2.03. The van der Waals surface area contributed by atoms with Crippen LogP contribution in [0.1, 0.15) is 0 Å². The lowest BCUT2D eigenvalue weighted by atomic mass is 10.4. The van der Waals surface area contributed by atoms with Crippen LogP contribution >= 0.6 is 11.6 Å². The van der Waals surface area contributed by atoms with Crippen LogP contribution in [0.25, 0.3) is 0 Å². The lowest BCUT2D eigenvalue weighted by molar-refractivity contribution is 0.438. The van der Waals surface area contributed by atoms with Crippen LogP contribution in [0.4, 0.5) is 0 Å². The van der Waals surface area contributed by atoms with Crippen LogP contribution in [-0.2, 0) is 0 Å². The molecule has 52 valence electrons. The second kappa shape index (κ2) is 3.66. The molecule has 0 saturated carbocycles. The van der Waals surface area contributed by atoms with Gasteiger partial charge in [0.2, 0.25) is 0 Å².